The van der Waals surface area contributed by atoms with Gasteiger partial charge in [0, 0.05) is 48.1 Å². The predicted molar refractivity (Wildman–Crippen MR) is 193 cm³/mol. The van der Waals surface area contributed by atoms with E-state index in [4.69, 9.17) is 9.47 Å². The van der Waals surface area contributed by atoms with E-state index in [1.165, 1.54) is 16.2 Å². The largest absolute Gasteiger partial charge is 0.493 e. The summed E-state index contributed by atoms with van der Waals surface area (Å²) in [5.74, 6) is -1.26. The first kappa shape index (κ1) is 40.0. The highest BCUT2D eigenvalue weighted by Crippen LogP contribution is 2.43. The molecule has 2 amide bonds. The van der Waals surface area contributed by atoms with Crippen LogP contribution in [0.1, 0.15) is 98.6 Å². The van der Waals surface area contributed by atoms with Gasteiger partial charge in [-0.15, -0.1) is 11.3 Å². The fourth-order valence-corrected chi connectivity index (χ4v) is 8.03. The number of carboxylic acid groups (broad SMARTS) is 1. The number of aliphatic hydroxyl groups is 1. The van der Waals surface area contributed by atoms with Crippen molar-refractivity contribution in [2.24, 2.45) is 5.41 Å². The number of alkyl halides is 3. The van der Waals surface area contributed by atoms with Crippen molar-refractivity contribution >= 4 is 29.1 Å². The zero-order valence-corrected chi connectivity index (χ0v) is 31.4. The maximum Gasteiger partial charge on any atom is 0.418 e. The molecule has 2 saturated heterocycles. The van der Waals surface area contributed by atoms with Crippen LogP contribution in [0, 0.1) is 12.3 Å². The number of carboxylic acids is 1. The Balaban J connectivity index is 1.41. The van der Waals surface area contributed by atoms with Gasteiger partial charge in [0.25, 0.3) is 11.8 Å². The Morgan fingerprint density at radius 1 is 1.06 bits per heavy atom. The molecule has 2 atom stereocenters. The van der Waals surface area contributed by atoms with Crippen LogP contribution in [-0.2, 0) is 21.4 Å². The fraction of sp³-hybridized carbons (Fsp3) is 0.538. The van der Waals surface area contributed by atoms with Crippen LogP contribution < -0.4 is 9.47 Å². The number of rotatable bonds is 13. The Kier molecular flexibility index (Phi) is 12.1. The molecule has 0 saturated carbocycles. The van der Waals surface area contributed by atoms with Crippen molar-refractivity contribution in [3.8, 4) is 11.5 Å². The van der Waals surface area contributed by atoms with Gasteiger partial charge < -0.3 is 29.5 Å². The van der Waals surface area contributed by atoms with Crippen molar-refractivity contribution in [3.63, 3.8) is 0 Å². The van der Waals surface area contributed by atoms with Crippen molar-refractivity contribution in [1.29, 1.82) is 0 Å². The van der Waals surface area contributed by atoms with Crippen molar-refractivity contribution in [2.75, 3.05) is 26.2 Å². The summed E-state index contributed by atoms with van der Waals surface area (Å²) in [5.41, 5.74) is -5.13. The number of hydrogen-bond donors (Lipinski definition) is 2. The standard InChI is InChI=1S/C39H48F3N3O7S/c1-5-11-31-38(52-27-24-26(2)53-25-27,16-9-20-45(31)33(46)32-29(39(40,41)42)13-8-19-43-32)34(47)44-21-17-37(50,18-22-44)28-12-6-7-14-30(28)51-23-10-15-36(3,4)35(48)49/h6-8,12-14,19,24-25,31,50H,5,9-11,15-18,20-23H2,1-4H3,(H,48,49)/t31-,38+/m1/s1. The molecule has 0 aliphatic carbocycles. The highest BCUT2D eigenvalue weighted by atomic mass is 32.1. The third-order valence-electron chi connectivity index (χ3n) is 10.4. The van der Waals surface area contributed by atoms with Gasteiger partial charge in [-0.3, -0.25) is 19.4 Å². The molecular weight excluding hydrogens is 712 g/mol. The third-order valence-corrected chi connectivity index (χ3v) is 11.3. The monoisotopic (exact) mass is 759 g/mol. The van der Waals surface area contributed by atoms with E-state index in [-0.39, 0.29) is 51.4 Å². The van der Waals surface area contributed by atoms with Gasteiger partial charge in [-0.05, 0) is 83.6 Å². The SMILES string of the molecule is CCC[C@H]1N(C(=O)c2ncccc2C(F)(F)F)CCC[C@@]1(Oc1csc(C)c1)C(=O)N1CCC(O)(c2ccccc2OCCCC(C)(C)C(=O)O)CC1. The lowest BCUT2D eigenvalue weighted by Gasteiger charge is -2.51. The van der Waals surface area contributed by atoms with Gasteiger partial charge in [-0.2, -0.15) is 13.2 Å². The van der Waals surface area contributed by atoms with Crippen LogP contribution in [-0.4, -0.2) is 80.7 Å². The zero-order valence-electron chi connectivity index (χ0n) is 30.6. The number of piperidine rings is 2. The van der Waals surface area contributed by atoms with E-state index < -0.39 is 52.0 Å². The molecule has 10 nitrogen and oxygen atoms in total. The normalized spacial score (nSPS) is 20.6. The molecule has 3 aromatic rings. The number of thiophene rings is 1. The summed E-state index contributed by atoms with van der Waals surface area (Å²) in [7, 11) is 0. The number of aromatic nitrogens is 1. The lowest BCUT2D eigenvalue weighted by Crippen LogP contribution is -2.68. The molecule has 5 rings (SSSR count). The number of ether oxygens (including phenoxy) is 2. The summed E-state index contributed by atoms with van der Waals surface area (Å²) in [6, 6.07) is 10.0. The molecule has 2 aliphatic rings. The molecule has 14 heteroatoms. The molecule has 0 unspecified atom stereocenters. The lowest BCUT2D eigenvalue weighted by atomic mass is 9.78. The van der Waals surface area contributed by atoms with E-state index in [9.17, 15) is 37.8 Å². The van der Waals surface area contributed by atoms with E-state index in [1.807, 2.05) is 13.8 Å². The molecule has 0 spiro atoms. The Bertz CT molecular complexity index is 1770. The number of likely N-dealkylation sites (tertiary alicyclic amines) is 2. The highest BCUT2D eigenvalue weighted by Gasteiger charge is 2.56. The zero-order chi connectivity index (χ0) is 38.6. The quantitative estimate of drug-likeness (QED) is 0.172. The predicted octanol–water partition coefficient (Wildman–Crippen LogP) is 7.47. The average Bonchev–Trinajstić information content (AvgIpc) is 3.54. The Morgan fingerprint density at radius 2 is 1.77 bits per heavy atom. The van der Waals surface area contributed by atoms with Crippen molar-refractivity contribution in [1.82, 2.24) is 14.8 Å². The molecule has 0 bridgehead atoms. The van der Waals surface area contributed by atoms with Crippen LogP contribution in [0.15, 0.2) is 54.0 Å². The minimum Gasteiger partial charge on any atom is -0.493 e. The first-order valence-corrected chi connectivity index (χ1v) is 18.9. The van der Waals surface area contributed by atoms with Crippen molar-refractivity contribution in [3.05, 3.63) is 75.7 Å². The number of nitrogens with zero attached hydrogens (tertiary/aromatic N) is 3. The number of benzene rings is 1. The summed E-state index contributed by atoms with van der Waals surface area (Å²) in [6.45, 7) is 7.79. The molecule has 288 valence electrons. The lowest BCUT2D eigenvalue weighted by molar-refractivity contribution is -0.163. The van der Waals surface area contributed by atoms with Gasteiger partial charge in [0.15, 0.2) is 0 Å². The van der Waals surface area contributed by atoms with E-state index in [0.717, 1.165) is 23.2 Å². The topological polar surface area (TPSA) is 130 Å². The third kappa shape index (κ3) is 8.64. The summed E-state index contributed by atoms with van der Waals surface area (Å²) >= 11 is 1.43. The van der Waals surface area contributed by atoms with Gasteiger partial charge in [0.1, 0.15) is 17.2 Å². The second-order valence-electron chi connectivity index (χ2n) is 14.6. The number of para-hydroxylation sites is 1. The molecule has 2 fully saturated rings. The van der Waals surface area contributed by atoms with E-state index >= 15 is 0 Å². The molecule has 0 radical (unpaired) electrons. The molecule has 2 aliphatic heterocycles. The molecular formula is C39H48F3N3O7S. The van der Waals surface area contributed by atoms with E-state index in [0.29, 0.717) is 49.2 Å². The van der Waals surface area contributed by atoms with Gasteiger partial charge in [-0.25, -0.2) is 0 Å². The summed E-state index contributed by atoms with van der Waals surface area (Å²) < 4.78 is 54.9. The van der Waals surface area contributed by atoms with Crippen LogP contribution >= 0.6 is 11.3 Å². The average molecular weight is 760 g/mol. The summed E-state index contributed by atoms with van der Waals surface area (Å²) in [6.07, 6.45) is -1.05. The second-order valence-corrected chi connectivity index (χ2v) is 15.8. The molecule has 2 N–H and O–H groups in total. The van der Waals surface area contributed by atoms with Crippen molar-refractivity contribution in [2.45, 2.75) is 102 Å². The Hall–Kier alpha value is -4.17. The number of carbonyl (C=O) groups is 3. The number of amides is 2. The van der Waals surface area contributed by atoms with Gasteiger partial charge in [-0.1, -0.05) is 31.5 Å². The number of aliphatic carboxylic acids is 1. The summed E-state index contributed by atoms with van der Waals surface area (Å²) in [4.78, 5) is 48.3. The Labute approximate surface area is 311 Å². The number of aryl methyl sites for hydroxylation is 1. The smallest absolute Gasteiger partial charge is 0.418 e. The molecule has 53 heavy (non-hydrogen) atoms. The van der Waals surface area contributed by atoms with Crippen LogP contribution in [0.3, 0.4) is 0 Å². The van der Waals surface area contributed by atoms with Crippen LogP contribution in [0.2, 0.25) is 0 Å². The molecule has 4 heterocycles. The Morgan fingerprint density at radius 3 is 2.42 bits per heavy atom. The van der Waals surface area contributed by atoms with Gasteiger partial charge in [0.2, 0.25) is 5.60 Å². The first-order chi connectivity index (χ1) is 25.0. The molecule has 2 aromatic heterocycles. The number of carbonyl (C=O) groups excluding carboxylic acids is 2. The maximum atomic E-state index is 14.9. The van der Waals surface area contributed by atoms with Gasteiger partial charge >= 0.3 is 12.1 Å². The number of hydrogen-bond acceptors (Lipinski definition) is 8. The van der Waals surface area contributed by atoms with E-state index in [2.05, 4.69) is 4.98 Å². The second kappa shape index (κ2) is 16.1. The highest BCUT2D eigenvalue weighted by molar-refractivity contribution is 7.10. The van der Waals surface area contributed by atoms with Gasteiger partial charge in [0.05, 0.1) is 29.2 Å². The van der Waals surface area contributed by atoms with Crippen LogP contribution in [0.5, 0.6) is 11.5 Å². The van der Waals surface area contributed by atoms with Crippen LogP contribution in [0.25, 0.3) is 0 Å². The minimum atomic E-state index is -4.81. The minimum absolute atomic E-state index is 0.128. The van der Waals surface area contributed by atoms with Crippen molar-refractivity contribution < 1.29 is 47.2 Å². The first-order valence-electron chi connectivity index (χ1n) is 18.1. The fourth-order valence-electron chi connectivity index (χ4n) is 7.42. The summed E-state index contributed by atoms with van der Waals surface area (Å²) in [5, 5.41) is 23.2. The number of halogens is 3. The van der Waals surface area contributed by atoms with Crippen LogP contribution in [0.4, 0.5) is 13.2 Å². The van der Waals surface area contributed by atoms with E-state index in [1.54, 1.807) is 54.5 Å². The molecule has 1 aromatic carbocycles. The maximum absolute atomic E-state index is 14.9. The number of pyridine rings is 1.